The lowest BCUT2D eigenvalue weighted by Gasteiger charge is -2.33. The number of nitrogens with zero attached hydrogens (tertiary/aromatic N) is 3. The number of aryl methyl sites for hydroxylation is 1. The molecule has 1 amide bonds. The van der Waals surface area contributed by atoms with Crippen LogP contribution in [0, 0.1) is 17.2 Å². The SMILES string of the molecule is CC1CCN(C(=O)C(CCn2cccc2C#N)NSc2cccc(C(F)(F)F)c2)CC1. The molecule has 9 heteroatoms. The van der Waals surface area contributed by atoms with Gasteiger partial charge < -0.3 is 9.47 Å². The van der Waals surface area contributed by atoms with Gasteiger partial charge in [-0.25, -0.2) is 4.72 Å². The zero-order chi connectivity index (χ0) is 22.4. The zero-order valence-electron chi connectivity index (χ0n) is 17.2. The van der Waals surface area contributed by atoms with Crippen molar-refractivity contribution in [1.82, 2.24) is 14.2 Å². The van der Waals surface area contributed by atoms with Crippen molar-refractivity contribution in [2.45, 2.75) is 49.8 Å². The molecule has 1 aliphatic heterocycles. The van der Waals surface area contributed by atoms with Gasteiger partial charge in [-0.3, -0.25) is 4.79 Å². The smallest absolute Gasteiger partial charge is 0.341 e. The number of carbonyl (C=O) groups is 1. The van der Waals surface area contributed by atoms with E-state index in [1.54, 1.807) is 29.0 Å². The minimum Gasteiger partial charge on any atom is -0.341 e. The third-order valence-electron chi connectivity index (χ3n) is 5.48. The molecule has 1 aromatic heterocycles. The molecule has 1 fully saturated rings. The largest absolute Gasteiger partial charge is 0.416 e. The van der Waals surface area contributed by atoms with Crippen molar-refractivity contribution < 1.29 is 18.0 Å². The average molecular weight is 451 g/mol. The van der Waals surface area contributed by atoms with E-state index in [2.05, 4.69) is 17.7 Å². The first-order valence-corrected chi connectivity index (χ1v) is 11.0. The minimum atomic E-state index is -4.42. The summed E-state index contributed by atoms with van der Waals surface area (Å²) in [6, 6.07) is 10.0. The lowest BCUT2D eigenvalue weighted by atomic mass is 9.98. The zero-order valence-corrected chi connectivity index (χ0v) is 18.0. The second-order valence-corrected chi connectivity index (χ2v) is 8.70. The molecule has 0 radical (unpaired) electrons. The molecule has 1 atom stereocenters. The maximum atomic E-state index is 13.2. The van der Waals surface area contributed by atoms with Crippen LogP contribution in [0.1, 0.15) is 37.4 Å². The lowest BCUT2D eigenvalue weighted by molar-refractivity contribution is -0.138. The van der Waals surface area contributed by atoms with E-state index >= 15 is 0 Å². The van der Waals surface area contributed by atoms with E-state index in [4.69, 9.17) is 0 Å². The van der Waals surface area contributed by atoms with Gasteiger partial charge in [-0.05, 0) is 67.5 Å². The van der Waals surface area contributed by atoms with Gasteiger partial charge in [0.1, 0.15) is 11.8 Å². The van der Waals surface area contributed by atoms with Crippen molar-refractivity contribution in [3.63, 3.8) is 0 Å². The Kier molecular flexibility index (Phi) is 7.68. The quantitative estimate of drug-likeness (QED) is 0.622. The van der Waals surface area contributed by atoms with Crippen LogP contribution in [0.15, 0.2) is 47.5 Å². The first kappa shape index (κ1) is 23.2. The molecule has 1 N–H and O–H groups in total. The van der Waals surface area contributed by atoms with Crippen LogP contribution in [0.25, 0.3) is 0 Å². The number of benzene rings is 1. The number of carbonyl (C=O) groups excluding carboxylic acids is 1. The van der Waals surface area contributed by atoms with Crippen LogP contribution in [-0.2, 0) is 17.5 Å². The monoisotopic (exact) mass is 450 g/mol. The summed E-state index contributed by atoms with van der Waals surface area (Å²) in [5.74, 6) is 0.519. The van der Waals surface area contributed by atoms with Crippen molar-refractivity contribution in [3.8, 4) is 6.07 Å². The standard InChI is InChI=1S/C22H25F3N4OS/c1-16-7-11-29(12-8-16)21(30)20(9-13-28-10-3-5-18(28)15-26)27-31-19-6-2-4-17(14-19)22(23,24)25/h2-6,10,14,16,20,27H,7-9,11-13H2,1H3. The van der Waals surface area contributed by atoms with Crippen LogP contribution in [0.2, 0.25) is 0 Å². The number of hydrogen-bond donors (Lipinski definition) is 1. The van der Waals surface area contributed by atoms with Gasteiger partial charge in [-0.2, -0.15) is 18.4 Å². The first-order chi connectivity index (χ1) is 14.8. The Balaban J connectivity index is 1.70. The molecule has 2 heterocycles. The van der Waals surface area contributed by atoms with Gasteiger partial charge in [-0.1, -0.05) is 13.0 Å². The van der Waals surface area contributed by atoms with Crippen LogP contribution >= 0.6 is 11.9 Å². The van der Waals surface area contributed by atoms with Crippen molar-refractivity contribution in [1.29, 1.82) is 5.26 Å². The molecule has 1 saturated heterocycles. The van der Waals surface area contributed by atoms with Crippen LogP contribution in [0.3, 0.4) is 0 Å². The number of nitrogens with one attached hydrogen (secondary N) is 1. The summed E-state index contributed by atoms with van der Waals surface area (Å²) in [5.41, 5.74) is -0.221. The van der Waals surface area contributed by atoms with E-state index in [1.807, 2.05) is 4.90 Å². The molecule has 31 heavy (non-hydrogen) atoms. The van der Waals surface area contributed by atoms with E-state index < -0.39 is 17.8 Å². The summed E-state index contributed by atoms with van der Waals surface area (Å²) in [4.78, 5) is 15.4. The maximum Gasteiger partial charge on any atom is 0.416 e. The molecule has 5 nitrogen and oxygen atoms in total. The Morgan fingerprint density at radius 1 is 1.29 bits per heavy atom. The minimum absolute atomic E-state index is 0.0583. The van der Waals surface area contributed by atoms with Gasteiger partial charge in [-0.15, -0.1) is 0 Å². The summed E-state index contributed by atoms with van der Waals surface area (Å²) in [7, 11) is 0. The number of amides is 1. The van der Waals surface area contributed by atoms with E-state index in [0.717, 1.165) is 36.9 Å². The summed E-state index contributed by atoms with van der Waals surface area (Å²) in [5, 5.41) is 9.20. The Morgan fingerprint density at radius 3 is 2.71 bits per heavy atom. The summed E-state index contributed by atoms with van der Waals surface area (Å²) >= 11 is 1.03. The molecule has 0 aliphatic carbocycles. The molecule has 1 aromatic carbocycles. The topological polar surface area (TPSA) is 61.1 Å². The van der Waals surface area contributed by atoms with Crippen LogP contribution in [-0.4, -0.2) is 34.5 Å². The Labute approximate surface area is 184 Å². The number of alkyl halides is 3. The predicted octanol–water partition coefficient (Wildman–Crippen LogP) is 4.69. The normalized spacial score (nSPS) is 16.2. The summed E-state index contributed by atoms with van der Waals surface area (Å²) in [6.45, 7) is 3.97. The number of halogens is 3. The Hall–Kier alpha value is -2.44. The fourth-order valence-electron chi connectivity index (χ4n) is 3.54. The molecule has 0 saturated carbocycles. The van der Waals surface area contributed by atoms with E-state index in [9.17, 15) is 23.2 Å². The highest BCUT2D eigenvalue weighted by Crippen LogP contribution is 2.31. The maximum absolute atomic E-state index is 13.2. The number of piperidine rings is 1. The average Bonchev–Trinajstić information content (AvgIpc) is 3.21. The van der Waals surface area contributed by atoms with Crippen molar-refractivity contribution in [2.24, 2.45) is 5.92 Å². The molecule has 1 aliphatic rings. The second kappa shape index (κ2) is 10.2. The van der Waals surface area contributed by atoms with Crippen LogP contribution in [0.4, 0.5) is 13.2 Å². The second-order valence-electron chi connectivity index (χ2n) is 7.79. The summed E-state index contributed by atoms with van der Waals surface area (Å²) < 4.78 is 43.9. The lowest BCUT2D eigenvalue weighted by Crippen LogP contribution is -2.47. The Bertz CT molecular complexity index is 929. The van der Waals surface area contributed by atoms with Gasteiger partial charge in [0.25, 0.3) is 0 Å². The number of aromatic nitrogens is 1. The van der Waals surface area contributed by atoms with Gasteiger partial charge in [0.05, 0.1) is 11.6 Å². The van der Waals surface area contributed by atoms with Crippen molar-refractivity contribution >= 4 is 17.9 Å². The number of likely N-dealkylation sites (tertiary alicyclic amines) is 1. The molecule has 2 aromatic rings. The van der Waals surface area contributed by atoms with Gasteiger partial charge in [0.15, 0.2) is 0 Å². The molecule has 1 unspecified atom stereocenters. The van der Waals surface area contributed by atoms with Crippen molar-refractivity contribution in [2.75, 3.05) is 13.1 Å². The molecule has 3 rings (SSSR count). The molecular formula is C22H25F3N4OS. The van der Waals surface area contributed by atoms with E-state index in [-0.39, 0.29) is 5.91 Å². The first-order valence-electron chi connectivity index (χ1n) is 10.2. The number of rotatable bonds is 7. The third kappa shape index (κ3) is 6.28. The van der Waals surface area contributed by atoms with Gasteiger partial charge in [0.2, 0.25) is 5.91 Å². The van der Waals surface area contributed by atoms with Gasteiger partial charge >= 0.3 is 6.18 Å². The highest BCUT2D eigenvalue weighted by atomic mass is 32.2. The third-order valence-corrected chi connectivity index (χ3v) is 6.37. The van der Waals surface area contributed by atoms with Crippen LogP contribution < -0.4 is 4.72 Å². The van der Waals surface area contributed by atoms with Gasteiger partial charge in [0, 0.05) is 30.7 Å². The van der Waals surface area contributed by atoms with E-state index in [0.29, 0.717) is 42.6 Å². The highest BCUT2D eigenvalue weighted by molar-refractivity contribution is 7.97. The molecular weight excluding hydrogens is 425 g/mol. The summed E-state index contributed by atoms with van der Waals surface area (Å²) in [6.07, 6.45) is -0.341. The Morgan fingerprint density at radius 2 is 2.03 bits per heavy atom. The molecule has 166 valence electrons. The van der Waals surface area contributed by atoms with Crippen molar-refractivity contribution in [3.05, 3.63) is 53.9 Å². The predicted molar refractivity (Wildman–Crippen MR) is 113 cm³/mol. The fraction of sp³-hybridized carbons (Fsp3) is 0.455. The van der Waals surface area contributed by atoms with Crippen LogP contribution in [0.5, 0.6) is 0 Å². The molecule has 0 bridgehead atoms. The fourth-order valence-corrected chi connectivity index (χ4v) is 4.37. The number of hydrogen-bond acceptors (Lipinski definition) is 4. The highest BCUT2D eigenvalue weighted by Gasteiger charge is 2.31. The number of nitriles is 1. The van der Waals surface area contributed by atoms with E-state index in [1.165, 1.54) is 6.07 Å². The molecule has 0 spiro atoms.